The molecule has 0 aliphatic carbocycles. The molecule has 0 N–H and O–H groups in total. The van der Waals surface area contributed by atoms with Crippen molar-refractivity contribution in [3.05, 3.63) is 18.2 Å². The Balaban J connectivity index is 2.08. The van der Waals surface area contributed by atoms with E-state index in [-0.39, 0.29) is 0 Å². The van der Waals surface area contributed by atoms with Crippen LogP contribution in [0.5, 0.6) is 0 Å². The van der Waals surface area contributed by atoms with Crippen LogP contribution < -0.4 is 4.90 Å². The van der Waals surface area contributed by atoms with Crippen LogP contribution in [0.2, 0.25) is 0 Å². The zero-order valence-electron chi connectivity index (χ0n) is 9.13. The van der Waals surface area contributed by atoms with Crippen LogP contribution in [-0.4, -0.2) is 44.2 Å². The average molecular weight is 235 g/mol. The predicted molar refractivity (Wildman–Crippen MR) is 65.1 cm³/mol. The molecule has 0 bridgehead atoms. The molecule has 1 fully saturated rings. The monoisotopic (exact) mass is 235 g/mol. The second kappa shape index (κ2) is 3.93. The lowest BCUT2D eigenvalue weighted by molar-refractivity contribution is 0.835. The molecule has 16 heavy (non-hydrogen) atoms. The smallest absolute Gasteiger partial charge is 0.203 e. The fourth-order valence-electron chi connectivity index (χ4n) is 1.93. The van der Waals surface area contributed by atoms with E-state index in [0.717, 1.165) is 41.9 Å². The molecule has 0 saturated carbocycles. The van der Waals surface area contributed by atoms with Gasteiger partial charge in [0.15, 0.2) is 5.82 Å². The maximum absolute atomic E-state index is 4.44. The third-order valence-corrected chi connectivity index (χ3v) is 3.73. The highest BCUT2D eigenvalue weighted by molar-refractivity contribution is 7.99. The van der Waals surface area contributed by atoms with Gasteiger partial charge in [0.25, 0.3) is 0 Å². The van der Waals surface area contributed by atoms with Crippen molar-refractivity contribution < 1.29 is 0 Å². The van der Waals surface area contributed by atoms with Crippen LogP contribution in [0.15, 0.2) is 12.4 Å². The summed E-state index contributed by atoms with van der Waals surface area (Å²) < 4.78 is 1.99. The number of anilines is 1. The molecule has 1 saturated heterocycles. The fraction of sp³-hybridized carbons (Fsp3) is 0.500. The predicted octanol–water partition coefficient (Wildman–Crippen LogP) is 0.986. The van der Waals surface area contributed by atoms with E-state index in [0.29, 0.717) is 0 Å². The Kier molecular flexibility index (Phi) is 2.43. The highest BCUT2D eigenvalue weighted by Crippen LogP contribution is 2.20. The lowest BCUT2D eigenvalue weighted by Crippen LogP contribution is -2.33. The molecule has 0 atom stereocenters. The molecule has 0 radical (unpaired) electrons. The zero-order chi connectivity index (χ0) is 11.0. The molecule has 3 heterocycles. The minimum atomic E-state index is 0.868. The van der Waals surface area contributed by atoms with Crippen molar-refractivity contribution in [1.29, 1.82) is 0 Å². The Morgan fingerprint density at radius 3 is 2.88 bits per heavy atom. The molecule has 2 aromatic rings. The van der Waals surface area contributed by atoms with E-state index in [4.69, 9.17) is 0 Å². The van der Waals surface area contributed by atoms with Gasteiger partial charge in [0.2, 0.25) is 5.65 Å². The molecule has 5 nitrogen and oxygen atoms in total. The van der Waals surface area contributed by atoms with E-state index < -0.39 is 0 Å². The Morgan fingerprint density at radius 2 is 2.06 bits per heavy atom. The third-order valence-electron chi connectivity index (χ3n) is 2.79. The summed E-state index contributed by atoms with van der Waals surface area (Å²) in [5, 5.41) is 8.29. The maximum atomic E-state index is 4.44. The van der Waals surface area contributed by atoms with Crippen LogP contribution in [-0.2, 0) is 0 Å². The molecule has 0 spiro atoms. The van der Waals surface area contributed by atoms with Crippen LogP contribution in [0, 0.1) is 6.92 Å². The van der Waals surface area contributed by atoms with Crippen LogP contribution in [0.4, 0.5) is 5.82 Å². The van der Waals surface area contributed by atoms with Crippen molar-refractivity contribution in [2.24, 2.45) is 0 Å². The number of rotatable bonds is 1. The Hall–Kier alpha value is -1.30. The molecule has 2 aromatic heterocycles. The fourth-order valence-corrected chi connectivity index (χ4v) is 2.83. The summed E-state index contributed by atoms with van der Waals surface area (Å²) in [4.78, 5) is 6.73. The summed E-state index contributed by atoms with van der Waals surface area (Å²) in [5.74, 6) is 4.19. The van der Waals surface area contributed by atoms with Crippen molar-refractivity contribution in [3.63, 3.8) is 0 Å². The molecular formula is C10H13N5S. The van der Waals surface area contributed by atoms with Gasteiger partial charge in [-0.15, -0.1) is 10.2 Å². The number of hydrogen-bond donors (Lipinski definition) is 0. The first kappa shape index (κ1) is 9.89. The topological polar surface area (TPSA) is 46.3 Å². The van der Waals surface area contributed by atoms with E-state index in [1.54, 1.807) is 0 Å². The SMILES string of the molecule is Cc1nnc2c(N3CCSCC3)nccn12. The second-order valence-electron chi connectivity index (χ2n) is 3.79. The van der Waals surface area contributed by atoms with E-state index in [1.165, 1.54) is 0 Å². The molecular weight excluding hydrogens is 222 g/mol. The average Bonchev–Trinajstić information content (AvgIpc) is 2.73. The molecule has 6 heteroatoms. The minimum Gasteiger partial charge on any atom is -0.352 e. The summed E-state index contributed by atoms with van der Waals surface area (Å²) >= 11 is 1.99. The minimum absolute atomic E-state index is 0.868. The van der Waals surface area contributed by atoms with Crippen molar-refractivity contribution >= 4 is 23.2 Å². The van der Waals surface area contributed by atoms with Gasteiger partial charge in [0.05, 0.1) is 0 Å². The highest BCUT2D eigenvalue weighted by Gasteiger charge is 2.17. The van der Waals surface area contributed by atoms with Crippen molar-refractivity contribution in [2.45, 2.75) is 6.92 Å². The van der Waals surface area contributed by atoms with Crippen LogP contribution >= 0.6 is 11.8 Å². The summed E-state index contributed by atoms with van der Waals surface area (Å²) in [6.07, 6.45) is 3.73. The van der Waals surface area contributed by atoms with E-state index in [9.17, 15) is 0 Å². The maximum Gasteiger partial charge on any atom is 0.203 e. The first-order valence-electron chi connectivity index (χ1n) is 5.35. The molecule has 3 rings (SSSR count). The van der Waals surface area contributed by atoms with Crippen LogP contribution in [0.25, 0.3) is 5.65 Å². The summed E-state index contributed by atoms with van der Waals surface area (Å²) in [6, 6.07) is 0. The van der Waals surface area contributed by atoms with Gasteiger partial charge < -0.3 is 4.90 Å². The van der Waals surface area contributed by atoms with E-state index in [1.807, 2.05) is 35.5 Å². The van der Waals surface area contributed by atoms with Gasteiger partial charge >= 0.3 is 0 Å². The second-order valence-corrected chi connectivity index (χ2v) is 5.02. The lowest BCUT2D eigenvalue weighted by atomic mass is 10.4. The normalized spacial score (nSPS) is 16.9. The standard InChI is InChI=1S/C10H13N5S/c1-8-12-13-10-9(11-2-3-15(8)10)14-4-6-16-7-5-14/h2-3H,4-7H2,1H3. The molecule has 0 unspecified atom stereocenters. The first-order valence-corrected chi connectivity index (χ1v) is 6.51. The highest BCUT2D eigenvalue weighted by atomic mass is 32.2. The summed E-state index contributed by atoms with van der Waals surface area (Å²) in [6.45, 7) is 4.04. The first-order chi connectivity index (χ1) is 7.86. The van der Waals surface area contributed by atoms with Crippen LogP contribution in [0.1, 0.15) is 5.82 Å². The third kappa shape index (κ3) is 1.53. The van der Waals surface area contributed by atoms with Crippen LogP contribution in [0.3, 0.4) is 0 Å². The van der Waals surface area contributed by atoms with E-state index >= 15 is 0 Å². The Labute approximate surface area is 97.9 Å². The van der Waals surface area contributed by atoms with Gasteiger partial charge in [-0.3, -0.25) is 4.40 Å². The molecule has 1 aliphatic heterocycles. The number of aryl methyl sites for hydroxylation is 1. The largest absolute Gasteiger partial charge is 0.352 e. The van der Waals surface area contributed by atoms with Crippen molar-refractivity contribution in [3.8, 4) is 0 Å². The van der Waals surface area contributed by atoms with Gasteiger partial charge in [-0.25, -0.2) is 4.98 Å². The van der Waals surface area contributed by atoms with Crippen molar-refractivity contribution in [2.75, 3.05) is 29.5 Å². The van der Waals surface area contributed by atoms with Gasteiger partial charge in [0, 0.05) is 37.0 Å². The summed E-state index contributed by atoms with van der Waals surface area (Å²) in [5.41, 5.74) is 0.868. The number of aromatic nitrogens is 4. The molecule has 84 valence electrons. The van der Waals surface area contributed by atoms with Gasteiger partial charge in [-0.1, -0.05) is 0 Å². The summed E-state index contributed by atoms with van der Waals surface area (Å²) in [7, 11) is 0. The zero-order valence-corrected chi connectivity index (χ0v) is 9.94. The number of nitrogens with zero attached hydrogens (tertiary/aromatic N) is 5. The number of fused-ring (bicyclic) bond motifs is 1. The Morgan fingerprint density at radius 1 is 1.25 bits per heavy atom. The molecule has 0 amide bonds. The van der Waals surface area contributed by atoms with Crippen molar-refractivity contribution in [1.82, 2.24) is 19.6 Å². The number of hydrogen-bond acceptors (Lipinski definition) is 5. The molecule has 0 aromatic carbocycles. The van der Waals surface area contributed by atoms with E-state index in [2.05, 4.69) is 20.1 Å². The number of thioether (sulfide) groups is 1. The van der Waals surface area contributed by atoms with Gasteiger partial charge in [0.1, 0.15) is 5.82 Å². The lowest BCUT2D eigenvalue weighted by Gasteiger charge is -2.27. The Bertz CT molecular complexity index is 503. The van der Waals surface area contributed by atoms with Gasteiger partial charge in [-0.2, -0.15) is 11.8 Å². The molecule has 1 aliphatic rings. The quantitative estimate of drug-likeness (QED) is 0.737. The van der Waals surface area contributed by atoms with Gasteiger partial charge in [-0.05, 0) is 6.92 Å².